The van der Waals surface area contributed by atoms with Crippen molar-refractivity contribution in [1.82, 2.24) is 0 Å². The van der Waals surface area contributed by atoms with Crippen LogP contribution in [0.4, 0.5) is 13.2 Å². The highest BCUT2D eigenvalue weighted by atomic mass is 35.5. The Kier molecular flexibility index (Phi) is 7.34. The number of thiophene rings is 1. The van der Waals surface area contributed by atoms with Crippen LogP contribution in [0.25, 0.3) is 10.4 Å². The fourth-order valence-corrected chi connectivity index (χ4v) is 4.61. The molecule has 1 N–H and O–H groups in total. The second-order valence-electron chi connectivity index (χ2n) is 6.63. The molecular formula is C22H19Cl2F3O2S. The van der Waals surface area contributed by atoms with Gasteiger partial charge in [0.2, 0.25) is 0 Å². The highest BCUT2D eigenvalue weighted by Gasteiger charge is 2.30. The second-order valence-corrected chi connectivity index (χ2v) is 8.50. The molecule has 8 heteroatoms. The summed E-state index contributed by atoms with van der Waals surface area (Å²) in [6.07, 6.45) is -3.30. The molecule has 2 nitrogen and oxygen atoms in total. The SMILES string of the molecule is CCOC(CCc1ccc(O)c(Cl)c1Cl)c1ccc(-c2ccc(C(F)(F)F)cc2)s1. The van der Waals surface area contributed by atoms with Crippen LogP contribution in [0.1, 0.15) is 35.5 Å². The zero-order valence-corrected chi connectivity index (χ0v) is 18.3. The molecule has 3 rings (SSSR count). The Morgan fingerprint density at radius 3 is 2.33 bits per heavy atom. The van der Waals surface area contributed by atoms with Crippen LogP contribution >= 0.6 is 34.5 Å². The first kappa shape index (κ1) is 22.9. The molecule has 0 saturated carbocycles. The zero-order valence-electron chi connectivity index (χ0n) is 16.0. The first-order valence-electron chi connectivity index (χ1n) is 9.25. The normalized spacial score (nSPS) is 12.9. The van der Waals surface area contributed by atoms with Crippen molar-refractivity contribution in [1.29, 1.82) is 0 Å². The van der Waals surface area contributed by atoms with Crippen LogP contribution in [-0.2, 0) is 17.3 Å². The number of ether oxygens (including phenoxy) is 1. The fourth-order valence-electron chi connectivity index (χ4n) is 3.07. The molecule has 0 aliphatic rings. The van der Waals surface area contributed by atoms with E-state index in [0.717, 1.165) is 33.0 Å². The van der Waals surface area contributed by atoms with Crippen LogP contribution in [0.15, 0.2) is 48.5 Å². The number of hydrogen-bond donors (Lipinski definition) is 1. The summed E-state index contributed by atoms with van der Waals surface area (Å²) in [5.41, 5.74) is 0.867. The highest BCUT2D eigenvalue weighted by Crippen LogP contribution is 2.38. The summed E-state index contributed by atoms with van der Waals surface area (Å²) in [6, 6.07) is 12.2. The smallest absolute Gasteiger partial charge is 0.416 e. The molecule has 0 spiro atoms. The van der Waals surface area contributed by atoms with Gasteiger partial charge in [-0.1, -0.05) is 41.4 Å². The molecule has 0 bridgehead atoms. The first-order chi connectivity index (χ1) is 14.2. The average Bonchev–Trinajstić information content (AvgIpc) is 3.20. The Hall–Kier alpha value is -1.73. The lowest BCUT2D eigenvalue weighted by Crippen LogP contribution is -2.04. The third-order valence-electron chi connectivity index (χ3n) is 4.63. The predicted molar refractivity (Wildman–Crippen MR) is 116 cm³/mol. The summed E-state index contributed by atoms with van der Waals surface area (Å²) in [4.78, 5) is 1.85. The zero-order chi connectivity index (χ0) is 21.9. The minimum absolute atomic E-state index is 0.0637. The van der Waals surface area contributed by atoms with Gasteiger partial charge < -0.3 is 9.84 Å². The van der Waals surface area contributed by atoms with Gasteiger partial charge in [-0.2, -0.15) is 13.2 Å². The largest absolute Gasteiger partial charge is 0.506 e. The molecule has 0 fully saturated rings. The van der Waals surface area contributed by atoms with Gasteiger partial charge in [-0.15, -0.1) is 11.3 Å². The number of phenolic OH excluding ortho intramolecular Hbond substituents is 1. The summed E-state index contributed by atoms with van der Waals surface area (Å²) in [6.45, 7) is 2.42. The van der Waals surface area contributed by atoms with Crippen molar-refractivity contribution in [2.75, 3.05) is 6.61 Å². The lowest BCUT2D eigenvalue weighted by molar-refractivity contribution is -0.137. The maximum Gasteiger partial charge on any atom is 0.416 e. The van der Waals surface area contributed by atoms with Crippen molar-refractivity contribution in [3.8, 4) is 16.2 Å². The third kappa shape index (κ3) is 5.30. The number of halogens is 5. The van der Waals surface area contributed by atoms with Crippen LogP contribution < -0.4 is 0 Å². The maximum atomic E-state index is 12.8. The van der Waals surface area contributed by atoms with Crippen molar-refractivity contribution in [2.24, 2.45) is 0 Å². The highest BCUT2D eigenvalue weighted by molar-refractivity contribution is 7.15. The van der Waals surface area contributed by atoms with E-state index in [1.807, 2.05) is 19.1 Å². The number of rotatable bonds is 7. The third-order valence-corrected chi connectivity index (χ3v) is 6.76. The summed E-state index contributed by atoms with van der Waals surface area (Å²) in [7, 11) is 0. The number of phenols is 1. The number of benzene rings is 2. The van der Waals surface area contributed by atoms with E-state index in [4.69, 9.17) is 27.9 Å². The van der Waals surface area contributed by atoms with E-state index < -0.39 is 11.7 Å². The van der Waals surface area contributed by atoms with Gasteiger partial charge in [0, 0.05) is 16.4 Å². The molecule has 0 amide bonds. The standard InChI is InChI=1S/C22H19Cl2F3O2S/c1-2-29-17(10-6-14-5-9-16(28)21(24)20(14)23)19-12-11-18(30-19)13-3-7-15(8-4-13)22(25,26)27/h3-5,7-9,11-12,17,28H,2,6,10H2,1H3. The molecule has 0 radical (unpaired) electrons. The van der Waals surface area contributed by atoms with Crippen molar-refractivity contribution >= 4 is 34.5 Å². The monoisotopic (exact) mass is 474 g/mol. The number of aromatic hydroxyl groups is 1. The van der Waals surface area contributed by atoms with E-state index in [1.54, 1.807) is 6.07 Å². The van der Waals surface area contributed by atoms with Gasteiger partial charge in [0.25, 0.3) is 0 Å². The Labute approximate surface area is 186 Å². The van der Waals surface area contributed by atoms with Crippen molar-refractivity contribution in [2.45, 2.75) is 32.0 Å². The fraction of sp³-hybridized carbons (Fsp3) is 0.273. The van der Waals surface area contributed by atoms with Gasteiger partial charge >= 0.3 is 6.18 Å². The molecule has 1 heterocycles. The molecule has 0 saturated heterocycles. The van der Waals surface area contributed by atoms with Gasteiger partial charge in [0.1, 0.15) is 10.8 Å². The van der Waals surface area contributed by atoms with Crippen LogP contribution in [0.2, 0.25) is 10.0 Å². The van der Waals surface area contributed by atoms with E-state index in [9.17, 15) is 18.3 Å². The van der Waals surface area contributed by atoms with Gasteiger partial charge in [-0.25, -0.2) is 0 Å². The molecule has 3 aromatic rings. The molecule has 2 aromatic carbocycles. The minimum atomic E-state index is -4.35. The number of aryl methyl sites for hydroxylation is 1. The van der Waals surface area contributed by atoms with Gasteiger partial charge in [-0.3, -0.25) is 0 Å². The summed E-state index contributed by atoms with van der Waals surface area (Å²) >= 11 is 13.7. The van der Waals surface area contributed by atoms with Crippen LogP contribution in [-0.4, -0.2) is 11.7 Å². The number of hydrogen-bond acceptors (Lipinski definition) is 3. The van der Waals surface area contributed by atoms with E-state index in [1.165, 1.54) is 29.5 Å². The summed E-state index contributed by atoms with van der Waals surface area (Å²) in [5.74, 6) is -0.0637. The van der Waals surface area contributed by atoms with Crippen LogP contribution in [0.5, 0.6) is 5.75 Å². The van der Waals surface area contributed by atoms with E-state index in [2.05, 4.69) is 0 Å². The summed E-state index contributed by atoms with van der Waals surface area (Å²) < 4.78 is 44.2. The van der Waals surface area contributed by atoms with Crippen LogP contribution in [0.3, 0.4) is 0 Å². The Balaban J connectivity index is 1.76. The van der Waals surface area contributed by atoms with Crippen molar-refractivity contribution in [3.05, 3.63) is 74.6 Å². The van der Waals surface area contributed by atoms with Crippen molar-refractivity contribution in [3.63, 3.8) is 0 Å². The lowest BCUT2D eigenvalue weighted by Gasteiger charge is -2.16. The molecular weight excluding hydrogens is 456 g/mol. The molecule has 1 atom stereocenters. The molecule has 1 unspecified atom stereocenters. The van der Waals surface area contributed by atoms with Gasteiger partial charge in [-0.05, 0) is 61.2 Å². The second kappa shape index (κ2) is 9.60. The Morgan fingerprint density at radius 1 is 1.00 bits per heavy atom. The topological polar surface area (TPSA) is 29.5 Å². The minimum Gasteiger partial charge on any atom is -0.506 e. The Bertz CT molecular complexity index is 1000. The molecule has 30 heavy (non-hydrogen) atoms. The van der Waals surface area contributed by atoms with E-state index >= 15 is 0 Å². The predicted octanol–water partition coefficient (Wildman–Crippen LogP) is 8.16. The lowest BCUT2D eigenvalue weighted by atomic mass is 10.1. The first-order valence-corrected chi connectivity index (χ1v) is 10.8. The molecule has 1 aromatic heterocycles. The van der Waals surface area contributed by atoms with Crippen LogP contribution in [0, 0.1) is 0 Å². The van der Waals surface area contributed by atoms with Crippen molar-refractivity contribution < 1.29 is 23.0 Å². The van der Waals surface area contributed by atoms with Gasteiger partial charge in [0.05, 0.1) is 16.7 Å². The van der Waals surface area contributed by atoms with Gasteiger partial charge in [0.15, 0.2) is 0 Å². The maximum absolute atomic E-state index is 12.8. The molecule has 0 aliphatic carbocycles. The van der Waals surface area contributed by atoms with E-state index in [0.29, 0.717) is 24.5 Å². The quantitative estimate of drug-likeness (QED) is 0.374. The Morgan fingerprint density at radius 2 is 1.70 bits per heavy atom. The number of alkyl halides is 3. The average molecular weight is 475 g/mol. The molecule has 0 aliphatic heterocycles. The molecule has 160 valence electrons. The summed E-state index contributed by atoms with van der Waals surface area (Å²) in [5, 5.41) is 10.1. The van der Waals surface area contributed by atoms with E-state index in [-0.39, 0.29) is 16.9 Å².